The average molecular weight is 320 g/mol. The molecule has 1 fully saturated rings. The van der Waals surface area contributed by atoms with Crippen LogP contribution in [0.25, 0.3) is 0 Å². The number of rotatable bonds is 4. The molecule has 7 heteroatoms. The minimum absolute atomic E-state index is 0.140. The van der Waals surface area contributed by atoms with Gasteiger partial charge in [0.1, 0.15) is 0 Å². The van der Waals surface area contributed by atoms with Gasteiger partial charge in [0.2, 0.25) is 0 Å². The standard InChI is InChI=1S/C15H20N4O2S/c1-18-11-15(17-12-18)22(20,21)19-7-4-13(5-8-19)9-14-3-2-6-16-10-14/h2-3,6,10-13H,4-5,7-9H2,1H3. The molecular formula is C15H20N4O2S. The molecule has 1 aliphatic heterocycles. The Morgan fingerprint density at radius 2 is 2.09 bits per heavy atom. The first-order chi connectivity index (χ1) is 10.6. The van der Waals surface area contributed by atoms with Crippen LogP contribution >= 0.6 is 0 Å². The predicted molar refractivity (Wildman–Crippen MR) is 82.6 cm³/mol. The van der Waals surface area contributed by atoms with E-state index in [0.717, 1.165) is 19.3 Å². The van der Waals surface area contributed by atoms with Crippen molar-refractivity contribution in [3.05, 3.63) is 42.6 Å². The largest absolute Gasteiger partial charge is 0.339 e. The molecule has 0 amide bonds. The van der Waals surface area contributed by atoms with Gasteiger partial charge in [0.15, 0.2) is 5.03 Å². The van der Waals surface area contributed by atoms with Crippen LogP contribution in [0.1, 0.15) is 18.4 Å². The fourth-order valence-electron chi connectivity index (χ4n) is 2.86. The molecule has 0 spiro atoms. The van der Waals surface area contributed by atoms with E-state index in [0.29, 0.717) is 19.0 Å². The molecule has 3 heterocycles. The van der Waals surface area contributed by atoms with Crippen LogP contribution in [-0.2, 0) is 23.5 Å². The zero-order valence-corrected chi connectivity index (χ0v) is 13.4. The zero-order chi connectivity index (χ0) is 15.6. The van der Waals surface area contributed by atoms with Gasteiger partial charge < -0.3 is 4.57 Å². The van der Waals surface area contributed by atoms with Crippen LogP contribution in [0.15, 0.2) is 42.1 Å². The third-order valence-corrected chi connectivity index (χ3v) is 5.89. The lowest BCUT2D eigenvalue weighted by Gasteiger charge is -2.30. The summed E-state index contributed by atoms with van der Waals surface area (Å²) in [4.78, 5) is 8.10. The summed E-state index contributed by atoms with van der Waals surface area (Å²) in [5.74, 6) is 0.513. The van der Waals surface area contributed by atoms with Crippen molar-refractivity contribution in [1.82, 2.24) is 18.8 Å². The Balaban J connectivity index is 1.62. The highest BCUT2D eigenvalue weighted by atomic mass is 32.2. The highest BCUT2D eigenvalue weighted by molar-refractivity contribution is 7.89. The van der Waals surface area contributed by atoms with Gasteiger partial charge in [-0.25, -0.2) is 13.4 Å². The SMILES string of the molecule is Cn1cnc(S(=O)(=O)N2CCC(Cc3cccnc3)CC2)c1. The molecular weight excluding hydrogens is 300 g/mol. The van der Waals surface area contributed by atoms with Gasteiger partial charge in [0, 0.05) is 38.7 Å². The Hall–Kier alpha value is -1.73. The number of aromatic nitrogens is 3. The van der Waals surface area contributed by atoms with Crippen molar-refractivity contribution >= 4 is 10.0 Å². The molecule has 0 N–H and O–H groups in total. The van der Waals surface area contributed by atoms with Crippen LogP contribution in [0, 0.1) is 5.92 Å². The summed E-state index contributed by atoms with van der Waals surface area (Å²) in [6.45, 7) is 1.12. The Bertz CT molecular complexity index is 719. The number of hydrogen-bond acceptors (Lipinski definition) is 4. The van der Waals surface area contributed by atoms with Crippen molar-refractivity contribution in [2.45, 2.75) is 24.3 Å². The van der Waals surface area contributed by atoms with Gasteiger partial charge in [-0.1, -0.05) is 6.07 Å². The molecule has 1 saturated heterocycles. The summed E-state index contributed by atoms with van der Waals surface area (Å²) in [7, 11) is -1.68. The predicted octanol–water partition coefficient (Wildman–Crippen LogP) is 1.46. The number of imidazole rings is 1. The number of piperidine rings is 1. The zero-order valence-electron chi connectivity index (χ0n) is 12.6. The van der Waals surface area contributed by atoms with Gasteiger partial charge in [0.25, 0.3) is 10.0 Å². The molecule has 0 saturated carbocycles. The average Bonchev–Trinajstić information content (AvgIpc) is 2.96. The first kappa shape index (κ1) is 15.2. The van der Waals surface area contributed by atoms with Crippen molar-refractivity contribution in [1.29, 1.82) is 0 Å². The minimum atomic E-state index is -3.45. The molecule has 0 radical (unpaired) electrons. The van der Waals surface area contributed by atoms with Crippen LogP contribution in [0.4, 0.5) is 0 Å². The molecule has 22 heavy (non-hydrogen) atoms. The summed E-state index contributed by atoms with van der Waals surface area (Å²) in [6.07, 6.45) is 9.44. The van der Waals surface area contributed by atoms with Crippen LogP contribution in [0.2, 0.25) is 0 Å². The molecule has 6 nitrogen and oxygen atoms in total. The van der Waals surface area contributed by atoms with E-state index in [1.807, 2.05) is 12.3 Å². The fraction of sp³-hybridized carbons (Fsp3) is 0.467. The number of nitrogens with zero attached hydrogens (tertiary/aromatic N) is 4. The lowest BCUT2D eigenvalue weighted by Crippen LogP contribution is -2.39. The second-order valence-corrected chi connectivity index (χ2v) is 7.68. The Labute approximate surface area is 130 Å². The van der Waals surface area contributed by atoms with Gasteiger partial charge >= 0.3 is 0 Å². The summed E-state index contributed by atoms with van der Waals surface area (Å²) in [5, 5.41) is 0.140. The van der Waals surface area contributed by atoms with Crippen LogP contribution in [0.3, 0.4) is 0 Å². The monoisotopic (exact) mass is 320 g/mol. The second-order valence-electron chi connectivity index (χ2n) is 5.79. The van der Waals surface area contributed by atoms with Gasteiger partial charge in [-0.15, -0.1) is 0 Å². The van der Waals surface area contributed by atoms with Crippen LogP contribution in [-0.4, -0.2) is 40.3 Å². The third-order valence-electron chi connectivity index (χ3n) is 4.11. The Kier molecular flexibility index (Phi) is 4.26. The Morgan fingerprint density at radius 1 is 1.32 bits per heavy atom. The molecule has 3 rings (SSSR count). The van der Waals surface area contributed by atoms with E-state index in [-0.39, 0.29) is 5.03 Å². The summed E-state index contributed by atoms with van der Waals surface area (Å²) in [6, 6.07) is 4.01. The quantitative estimate of drug-likeness (QED) is 0.855. The van der Waals surface area contributed by atoms with Gasteiger partial charge in [-0.3, -0.25) is 4.98 Å². The van der Waals surface area contributed by atoms with Crippen molar-refractivity contribution in [2.75, 3.05) is 13.1 Å². The maximum Gasteiger partial charge on any atom is 0.262 e. The molecule has 0 aromatic carbocycles. The summed E-state index contributed by atoms with van der Waals surface area (Å²) < 4.78 is 28.2. The first-order valence-corrected chi connectivity index (χ1v) is 8.87. The van der Waals surface area contributed by atoms with E-state index in [1.54, 1.807) is 28.3 Å². The topological polar surface area (TPSA) is 68.1 Å². The van der Waals surface area contributed by atoms with Crippen LogP contribution in [0.5, 0.6) is 0 Å². The number of pyridine rings is 1. The van der Waals surface area contributed by atoms with Gasteiger partial charge in [-0.05, 0) is 36.8 Å². The molecule has 2 aromatic rings. The van der Waals surface area contributed by atoms with Crippen LogP contribution < -0.4 is 0 Å². The molecule has 2 aromatic heterocycles. The summed E-state index contributed by atoms with van der Waals surface area (Å²) >= 11 is 0. The molecule has 118 valence electrons. The van der Waals surface area contributed by atoms with E-state index in [4.69, 9.17) is 0 Å². The third kappa shape index (κ3) is 3.20. The fourth-order valence-corrected chi connectivity index (χ4v) is 4.30. The van der Waals surface area contributed by atoms with Gasteiger partial charge in [-0.2, -0.15) is 4.31 Å². The number of sulfonamides is 1. The van der Waals surface area contributed by atoms with E-state index in [9.17, 15) is 8.42 Å². The van der Waals surface area contributed by atoms with E-state index < -0.39 is 10.0 Å². The van der Waals surface area contributed by atoms with Gasteiger partial charge in [0.05, 0.1) is 6.33 Å². The molecule has 0 unspecified atom stereocenters. The van der Waals surface area contributed by atoms with Crippen molar-refractivity contribution in [3.8, 4) is 0 Å². The van der Waals surface area contributed by atoms with Crippen molar-refractivity contribution in [3.63, 3.8) is 0 Å². The normalized spacial score (nSPS) is 17.7. The second kappa shape index (κ2) is 6.18. The van der Waals surface area contributed by atoms with E-state index in [1.165, 1.54) is 11.9 Å². The minimum Gasteiger partial charge on any atom is -0.339 e. The number of hydrogen-bond donors (Lipinski definition) is 0. The smallest absolute Gasteiger partial charge is 0.262 e. The Morgan fingerprint density at radius 3 is 2.68 bits per heavy atom. The lowest BCUT2D eigenvalue weighted by molar-refractivity contribution is 0.272. The first-order valence-electron chi connectivity index (χ1n) is 7.43. The maximum atomic E-state index is 12.5. The van der Waals surface area contributed by atoms with E-state index in [2.05, 4.69) is 16.0 Å². The molecule has 0 aliphatic carbocycles. The molecule has 0 bridgehead atoms. The van der Waals surface area contributed by atoms with Crippen molar-refractivity contribution < 1.29 is 8.42 Å². The molecule has 0 atom stereocenters. The lowest BCUT2D eigenvalue weighted by atomic mass is 9.92. The highest BCUT2D eigenvalue weighted by Gasteiger charge is 2.30. The number of aryl methyl sites for hydroxylation is 1. The highest BCUT2D eigenvalue weighted by Crippen LogP contribution is 2.25. The summed E-state index contributed by atoms with van der Waals surface area (Å²) in [5.41, 5.74) is 1.22. The maximum absolute atomic E-state index is 12.5. The van der Waals surface area contributed by atoms with E-state index >= 15 is 0 Å². The molecule has 1 aliphatic rings. The van der Waals surface area contributed by atoms with Crippen molar-refractivity contribution in [2.24, 2.45) is 13.0 Å².